The smallest absolute Gasteiger partial charge is 0.233 e. The molecule has 0 aromatic carbocycles. The van der Waals surface area contributed by atoms with Crippen molar-refractivity contribution in [2.45, 2.75) is 0 Å². The number of aliphatic hydroxyl groups excluding tert-OH is 1. The van der Waals surface area contributed by atoms with Crippen LogP contribution in [0.4, 0.5) is 17.8 Å². The summed E-state index contributed by atoms with van der Waals surface area (Å²) in [5.41, 5.74) is 5.42. The third-order valence-electron chi connectivity index (χ3n) is 1.42. The van der Waals surface area contributed by atoms with Crippen LogP contribution >= 0.6 is 0 Å². The van der Waals surface area contributed by atoms with Crippen molar-refractivity contribution < 1.29 is 5.11 Å². The number of hydrogen-bond acceptors (Lipinski definition) is 7. The molecular weight excluding hydrogens is 172 g/mol. The van der Waals surface area contributed by atoms with Crippen molar-refractivity contribution in [3.63, 3.8) is 0 Å². The van der Waals surface area contributed by atoms with Gasteiger partial charge in [-0.3, -0.25) is 0 Å². The van der Waals surface area contributed by atoms with Crippen LogP contribution in [0, 0.1) is 0 Å². The van der Waals surface area contributed by atoms with E-state index in [0.29, 0.717) is 11.9 Å². The molecule has 1 heterocycles. The Hall–Kier alpha value is -1.63. The molecule has 1 rings (SSSR count). The van der Waals surface area contributed by atoms with Crippen LogP contribution in [0.2, 0.25) is 0 Å². The maximum atomic E-state index is 8.81. The minimum absolute atomic E-state index is 0.120. The zero-order valence-electron chi connectivity index (χ0n) is 7.52. The van der Waals surface area contributed by atoms with Gasteiger partial charge in [0.1, 0.15) is 6.73 Å². The molecule has 13 heavy (non-hydrogen) atoms. The van der Waals surface area contributed by atoms with Gasteiger partial charge in [0, 0.05) is 14.1 Å². The quantitative estimate of drug-likeness (QED) is 0.511. The van der Waals surface area contributed by atoms with Crippen molar-refractivity contribution >= 4 is 17.8 Å². The van der Waals surface area contributed by atoms with Gasteiger partial charge in [-0.05, 0) is 0 Å². The average molecular weight is 184 g/mol. The number of anilines is 3. The molecule has 0 atom stereocenters. The first-order chi connectivity index (χ1) is 6.17. The predicted octanol–water partition coefficient (Wildman–Crippen LogP) is -1.12. The molecule has 0 radical (unpaired) electrons. The maximum Gasteiger partial charge on any atom is 0.233 e. The molecule has 1 aromatic heterocycles. The summed E-state index contributed by atoms with van der Waals surface area (Å²) in [6, 6.07) is 0. The molecule has 1 aromatic rings. The molecule has 0 fully saturated rings. The molecule has 0 bridgehead atoms. The van der Waals surface area contributed by atoms with Crippen LogP contribution in [0.15, 0.2) is 0 Å². The monoisotopic (exact) mass is 184 g/mol. The van der Waals surface area contributed by atoms with E-state index in [4.69, 9.17) is 10.8 Å². The number of nitrogens with zero attached hydrogens (tertiary/aromatic N) is 4. The number of nitrogen functional groups attached to an aromatic ring is 1. The van der Waals surface area contributed by atoms with Crippen LogP contribution in [-0.4, -0.2) is 40.9 Å². The van der Waals surface area contributed by atoms with Gasteiger partial charge in [0.2, 0.25) is 17.8 Å². The minimum Gasteiger partial charge on any atom is -0.376 e. The lowest BCUT2D eigenvalue weighted by Gasteiger charge is -2.13. The zero-order chi connectivity index (χ0) is 9.84. The van der Waals surface area contributed by atoms with E-state index in [9.17, 15) is 0 Å². The Kier molecular flexibility index (Phi) is 2.80. The number of aliphatic hydroxyl groups is 1. The highest BCUT2D eigenvalue weighted by Crippen LogP contribution is 2.08. The zero-order valence-corrected chi connectivity index (χ0v) is 7.52. The molecular formula is C6H12N6O. The van der Waals surface area contributed by atoms with E-state index >= 15 is 0 Å². The Bertz CT molecular complexity index is 290. The molecule has 0 saturated heterocycles. The Morgan fingerprint density at radius 3 is 2.69 bits per heavy atom. The van der Waals surface area contributed by atoms with Gasteiger partial charge < -0.3 is 21.1 Å². The fourth-order valence-electron chi connectivity index (χ4n) is 0.726. The van der Waals surface area contributed by atoms with E-state index in [-0.39, 0.29) is 12.7 Å². The Morgan fingerprint density at radius 2 is 2.15 bits per heavy atom. The SMILES string of the molecule is CNc1nc(N)nc(N(C)CO)n1. The standard InChI is InChI=1S/C6H12N6O/c1-8-5-9-4(7)10-6(11-5)12(2)3-13/h13H,3H2,1-2H3,(H3,7,8,9,10,11). The molecule has 0 unspecified atom stereocenters. The van der Waals surface area contributed by atoms with Crippen LogP contribution in [0.5, 0.6) is 0 Å². The number of rotatable bonds is 3. The molecule has 0 aliphatic carbocycles. The van der Waals surface area contributed by atoms with Gasteiger partial charge in [0.15, 0.2) is 0 Å². The molecule has 0 aliphatic rings. The first-order valence-corrected chi connectivity index (χ1v) is 3.68. The van der Waals surface area contributed by atoms with Crippen LogP contribution in [0.1, 0.15) is 0 Å². The molecule has 0 amide bonds. The second-order valence-corrected chi connectivity index (χ2v) is 2.41. The molecule has 7 heteroatoms. The van der Waals surface area contributed by atoms with Crippen LogP contribution < -0.4 is 16.0 Å². The summed E-state index contributed by atoms with van der Waals surface area (Å²) >= 11 is 0. The minimum atomic E-state index is -0.174. The van der Waals surface area contributed by atoms with Gasteiger partial charge >= 0.3 is 0 Å². The highest BCUT2D eigenvalue weighted by molar-refractivity contribution is 5.40. The Morgan fingerprint density at radius 1 is 1.46 bits per heavy atom. The van der Waals surface area contributed by atoms with Gasteiger partial charge in [0.25, 0.3) is 0 Å². The van der Waals surface area contributed by atoms with E-state index in [1.54, 1.807) is 14.1 Å². The highest BCUT2D eigenvalue weighted by atomic mass is 16.3. The summed E-state index contributed by atoms with van der Waals surface area (Å²) in [6.45, 7) is -0.174. The Balaban J connectivity index is 3.01. The third kappa shape index (κ3) is 2.15. The summed E-state index contributed by atoms with van der Waals surface area (Å²) in [6.07, 6.45) is 0. The van der Waals surface area contributed by atoms with Crippen LogP contribution in [0.25, 0.3) is 0 Å². The fourth-order valence-corrected chi connectivity index (χ4v) is 0.726. The first-order valence-electron chi connectivity index (χ1n) is 3.68. The lowest BCUT2D eigenvalue weighted by atomic mass is 10.7. The molecule has 0 spiro atoms. The molecule has 4 N–H and O–H groups in total. The van der Waals surface area contributed by atoms with Gasteiger partial charge in [-0.15, -0.1) is 0 Å². The van der Waals surface area contributed by atoms with Gasteiger partial charge in [-0.1, -0.05) is 0 Å². The molecule has 72 valence electrons. The topological polar surface area (TPSA) is 100 Å². The summed E-state index contributed by atoms with van der Waals surface area (Å²) < 4.78 is 0. The average Bonchev–Trinajstić information content (AvgIpc) is 2.15. The van der Waals surface area contributed by atoms with E-state index in [0.717, 1.165) is 0 Å². The largest absolute Gasteiger partial charge is 0.376 e. The first kappa shape index (κ1) is 9.46. The normalized spacial score (nSPS) is 9.77. The molecule has 0 saturated carbocycles. The molecule has 0 aliphatic heterocycles. The lowest BCUT2D eigenvalue weighted by Crippen LogP contribution is -2.21. The number of aromatic nitrogens is 3. The van der Waals surface area contributed by atoms with Crippen molar-refractivity contribution in [3.05, 3.63) is 0 Å². The van der Waals surface area contributed by atoms with E-state index in [1.807, 2.05) is 0 Å². The summed E-state index contributed by atoms with van der Waals surface area (Å²) in [4.78, 5) is 13.1. The maximum absolute atomic E-state index is 8.81. The van der Waals surface area contributed by atoms with E-state index in [2.05, 4.69) is 20.3 Å². The number of nitrogens with one attached hydrogen (secondary N) is 1. The van der Waals surface area contributed by atoms with Crippen molar-refractivity contribution in [1.29, 1.82) is 0 Å². The fraction of sp³-hybridized carbons (Fsp3) is 0.500. The Labute approximate surface area is 75.6 Å². The second kappa shape index (κ2) is 3.85. The van der Waals surface area contributed by atoms with Crippen molar-refractivity contribution in [3.8, 4) is 0 Å². The number of nitrogens with two attached hydrogens (primary N) is 1. The van der Waals surface area contributed by atoms with Gasteiger partial charge in [-0.25, -0.2) is 0 Å². The third-order valence-corrected chi connectivity index (χ3v) is 1.42. The van der Waals surface area contributed by atoms with Gasteiger partial charge in [-0.2, -0.15) is 15.0 Å². The summed E-state index contributed by atoms with van der Waals surface area (Å²) in [7, 11) is 3.33. The number of hydrogen-bond donors (Lipinski definition) is 3. The summed E-state index contributed by atoms with van der Waals surface area (Å²) in [5, 5.41) is 11.5. The van der Waals surface area contributed by atoms with Gasteiger partial charge in [0.05, 0.1) is 0 Å². The second-order valence-electron chi connectivity index (χ2n) is 2.41. The van der Waals surface area contributed by atoms with Crippen LogP contribution in [0.3, 0.4) is 0 Å². The van der Waals surface area contributed by atoms with Crippen molar-refractivity contribution in [2.75, 3.05) is 36.8 Å². The van der Waals surface area contributed by atoms with Crippen molar-refractivity contribution in [1.82, 2.24) is 15.0 Å². The van der Waals surface area contributed by atoms with E-state index < -0.39 is 0 Å². The highest BCUT2D eigenvalue weighted by Gasteiger charge is 2.06. The van der Waals surface area contributed by atoms with Crippen LogP contribution in [-0.2, 0) is 0 Å². The summed E-state index contributed by atoms with van der Waals surface area (Å²) in [5.74, 6) is 0.830. The van der Waals surface area contributed by atoms with E-state index in [1.165, 1.54) is 4.90 Å². The lowest BCUT2D eigenvalue weighted by molar-refractivity contribution is 0.296. The predicted molar refractivity (Wildman–Crippen MR) is 49.3 cm³/mol. The molecule has 7 nitrogen and oxygen atoms in total. The van der Waals surface area contributed by atoms with Crippen molar-refractivity contribution in [2.24, 2.45) is 0 Å².